The fraction of sp³-hybridized carbons (Fsp3) is 0.333. The molecule has 0 atom stereocenters. The van der Waals surface area contributed by atoms with Crippen molar-refractivity contribution in [2.75, 3.05) is 0 Å². The highest BCUT2D eigenvalue weighted by molar-refractivity contribution is 6.27. The molecule has 0 aromatic heterocycles. The molecule has 1 aliphatic carbocycles. The summed E-state index contributed by atoms with van der Waals surface area (Å²) in [5.74, 6) is 0.189. The molecule has 2 amide bonds. The summed E-state index contributed by atoms with van der Waals surface area (Å²) in [7, 11) is 0. The molecule has 4 rings (SSSR count). The first-order valence-electron chi connectivity index (χ1n) is 10.1. The Morgan fingerprint density at radius 1 is 1.00 bits per heavy atom. The van der Waals surface area contributed by atoms with E-state index in [0.29, 0.717) is 22.2 Å². The Kier molecular flexibility index (Phi) is 5.03. The van der Waals surface area contributed by atoms with E-state index in [-0.39, 0.29) is 17.9 Å². The van der Waals surface area contributed by atoms with E-state index in [4.69, 9.17) is 4.74 Å². The third-order valence-electron chi connectivity index (χ3n) is 5.60. The number of allylic oxidation sites excluding steroid dienone is 3. The van der Waals surface area contributed by atoms with Gasteiger partial charge in [0, 0.05) is 27.6 Å². The Balaban J connectivity index is 1.81. The molecular weight excluding hydrogens is 350 g/mol. The highest BCUT2D eigenvalue weighted by Crippen LogP contribution is 2.38. The van der Waals surface area contributed by atoms with E-state index in [1.54, 1.807) is 24.3 Å². The number of hydrogen-bond acceptors (Lipinski definition) is 3. The lowest BCUT2D eigenvalue weighted by atomic mass is 9.92. The molecule has 1 fully saturated rings. The molecule has 4 nitrogen and oxygen atoms in total. The van der Waals surface area contributed by atoms with Crippen LogP contribution < -0.4 is 4.74 Å². The van der Waals surface area contributed by atoms with E-state index < -0.39 is 0 Å². The van der Waals surface area contributed by atoms with E-state index in [0.717, 1.165) is 24.0 Å². The highest BCUT2D eigenvalue weighted by Gasteiger charge is 2.35. The lowest BCUT2D eigenvalue weighted by Gasteiger charge is -2.29. The summed E-state index contributed by atoms with van der Waals surface area (Å²) in [6, 6.07) is 9.29. The van der Waals surface area contributed by atoms with Crippen molar-refractivity contribution in [3.8, 4) is 5.75 Å². The van der Waals surface area contributed by atoms with Gasteiger partial charge in [-0.15, -0.1) is 0 Å². The first kappa shape index (κ1) is 18.5. The number of imide groups is 1. The molecule has 0 radical (unpaired) electrons. The second-order valence-electron chi connectivity index (χ2n) is 7.38. The van der Waals surface area contributed by atoms with Crippen LogP contribution in [0.2, 0.25) is 0 Å². The third kappa shape index (κ3) is 3.03. The van der Waals surface area contributed by atoms with Crippen LogP contribution in [0.3, 0.4) is 0 Å². The van der Waals surface area contributed by atoms with E-state index in [1.165, 1.54) is 24.2 Å². The lowest BCUT2D eigenvalue weighted by molar-refractivity contribution is 0.0667. The number of benzene rings is 2. The van der Waals surface area contributed by atoms with Crippen molar-refractivity contribution in [2.24, 2.45) is 0 Å². The van der Waals surface area contributed by atoms with Crippen molar-refractivity contribution in [1.82, 2.24) is 4.90 Å². The van der Waals surface area contributed by atoms with Crippen molar-refractivity contribution in [3.63, 3.8) is 0 Å². The van der Waals surface area contributed by atoms with Crippen LogP contribution in [0.4, 0.5) is 0 Å². The topological polar surface area (TPSA) is 46.6 Å². The zero-order valence-corrected chi connectivity index (χ0v) is 16.4. The van der Waals surface area contributed by atoms with Gasteiger partial charge >= 0.3 is 0 Å². The predicted octanol–water partition coefficient (Wildman–Crippen LogP) is 5.63. The first-order valence-corrected chi connectivity index (χ1v) is 10.1. The standard InChI is InChI=1S/C24H25NO3/c1-3-9-16(4-2)25-23(26)19-13-8-12-18-21(28-17-10-6-5-7-11-17)15-14-20(22(18)19)24(25)27/h3-4,8-9,12-15,17H,5-7,10-11H2,1-2H3/b9-3-,16-4+. The second-order valence-corrected chi connectivity index (χ2v) is 7.38. The molecule has 1 aliphatic heterocycles. The maximum Gasteiger partial charge on any atom is 0.265 e. The molecule has 2 aromatic carbocycles. The van der Waals surface area contributed by atoms with Crippen molar-refractivity contribution in [2.45, 2.75) is 52.1 Å². The summed E-state index contributed by atoms with van der Waals surface area (Å²) in [6.07, 6.45) is 11.4. The van der Waals surface area contributed by atoms with E-state index >= 15 is 0 Å². The average Bonchev–Trinajstić information content (AvgIpc) is 2.73. The monoisotopic (exact) mass is 375 g/mol. The molecule has 0 spiro atoms. The van der Waals surface area contributed by atoms with Crippen LogP contribution >= 0.6 is 0 Å². The molecule has 0 unspecified atom stereocenters. The lowest BCUT2D eigenvalue weighted by Crippen LogP contribution is -2.39. The smallest absolute Gasteiger partial charge is 0.265 e. The SMILES string of the molecule is C/C=C\C(=C/C)N1C(=O)c2cccc3c(OC4CCCCC4)ccc(c23)C1=O. The van der Waals surface area contributed by atoms with Gasteiger partial charge in [-0.3, -0.25) is 9.59 Å². The maximum atomic E-state index is 13.2. The average molecular weight is 375 g/mol. The second kappa shape index (κ2) is 7.63. The van der Waals surface area contributed by atoms with Gasteiger partial charge in [-0.1, -0.05) is 30.7 Å². The fourth-order valence-corrected chi connectivity index (χ4v) is 4.24. The van der Waals surface area contributed by atoms with Crippen LogP contribution in [0.25, 0.3) is 10.8 Å². The summed E-state index contributed by atoms with van der Waals surface area (Å²) in [5.41, 5.74) is 1.68. The first-order chi connectivity index (χ1) is 13.7. The summed E-state index contributed by atoms with van der Waals surface area (Å²) >= 11 is 0. The van der Waals surface area contributed by atoms with Gasteiger partial charge < -0.3 is 4.74 Å². The van der Waals surface area contributed by atoms with Crippen molar-refractivity contribution in [3.05, 3.63) is 65.4 Å². The Morgan fingerprint density at radius 3 is 2.39 bits per heavy atom. The third-order valence-corrected chi connectivity index (χ3v) is 5.60. The Hall–Kier alpha value is -2.88. The van der Waals surface area contributed by atoms with Crippen molar-refractivity contribution in [1.29, 1.82) is 0 Å². The summed E-state index contributed by atoms with van der Waals surface area (Å²) in [4.78, 5) is 27.6. The van der Waals surface area contributed by atoms with Crippen LogP contribution in [0.5, 0.6) is 5.75 Å². The minimum atomic E-state index is -0.288. The summed E-state index contributed by atoms with van der Waals surface area (Å²) in [5, 5.41) is 1.55. The summed E-state index contributed by atoms with van der Waals surface area (Å²) in [6.45, 7) is 3.69. The number of nitrogens with zero attached hydrogens (tertiary/aromatic N) is 1. The maximum absolute atomic E-state index is 13.2. The molecule has 2 aliphatic rings. The minimum Gasteiger partial charge on any atom is -0.490 e. The molecule has 144 valence electrons. The van der Waals surface area contributed by atoms with Crippen LogP contribution in [0, 0.1) is 0 Å². The molecule has 1 heterocycles. The van der Waals surface area contributed by atoms with Gasteiger partial charge in [0.2, 0.25) is 0 Å². The number of ether oxygens (including phenoxy) is 1. The Bertz CT molecular complexity index is 974. The van der Waals surface area contributed by atoms with Gasteiger partial charge in [0.25, 0.3) is 11.8 Å². The Labute approximate surface area is 165 Å². The van der Waals surface area contributed by atoms with Crippen molar-refractivity contribution < 1.29 is 14.3 Å². The molecular formula is C24H25NO3. The molecule has 2 aromatic rings. The van der Waals surface area contributed by atoms with E-state index in [9.17, 15) is 9.59 Å². The predicted molar refractivity (Wildman–Crippen MR) is 111 cm³/mol. The van der Waals surface area contributed by atoms with E-state index in [2.05, 4.69) is 0 Å². The molecule has 0 bridgehead atoms. The van der Waals surface area contributed by atoms with Gasteiger partial charge in [0.05, 0.1) is 6.10 Å². The molecule has 1 saturated carbocycles. The minimum absolute atomic E-state index is 0.210. The number of rotatable bonds is 4. The van der Waals surface area contributed by atoms with Crippen LogP contribution in [0.15, 0.2) is 54.3 Å². The molecule has 0 saturated heterocycles. The number of carbonyl (C=O) groups excluding carboxylic acids is 2. The summed E-state index contributed by atoms with van der Waals surface area (Å²) < 4.78 is 6.29. The fourth-order valence-electron chi connectivity index (χ4n) is 4.24. The van der Waals surface area contributed by atoms with Gasteiger partial charge in [-0.05, 0) is 63.8 Å². The normalized spacial score (nSPS) is 18.4. The van der Waals surface area contributed by atoms with E-state index in [1.807, 2.05) is 38.1 Å². The Morgan fingerprint density at radius 2 is 1.71 bits per heavy atom. The largest absolute Gasteiger partial charge is 0.490 e. The van der Waals surface area contributed by atoms with Crippen LogP contribution in [0.1, 0.15) is 66.7 Å². The molecule has 0 N–H and O–H groups in total. The number of amides is 2. The number of carbonyl (C=O) groups is 2. The van der Waals surface area contributed by atoms with Gasteiger partial charge in [-0.25, -0.2) is 4.90 Å². The van der Waals surface area contributed by atoms with Crippen LogP contribution in [-0.2, 0) is 0 Å². The molecule has 28 heavy (non-hydrogen) atoms. The number of hydrogen-bond donors (Lipinski definition) is 0. The molecule has 4 heteroatoms. The van der Waals surface area contributed by atoms with Gasteiger partial charge in [-0.2, -0.15) is 0 Å². The van der Waals surface area contributed by atoms with Gasteiger partial charge in [0.15, 0.2) is 0 Å². The zero-order chi connectivity index (χ0) is 19.7. The van der Waals surface area contributed by atoms with Crippen molar-refractivity contribution >= 4 is 22.6 Å². The highest BCUT2D eigenvalue weighted by atomic mass is 16.5. The van der Waals surface area contributed by atoms with Gasteiger partial charge in [0.1, 0.15) is 5.75 Å². The van der Waals surface area contributed by atoms with Crippen LogP contribution in [-0.4, -0.2) is 22.8 Å². The zero-order valence-electron chi connectivity index (χ0n) is 16.4. The quantitative estimate of drug-likeness (QED) is 0.514.